The lowest BCUT2D eigenvalue weighted by molar-refractivity contribution is -0.144. The number of hydrogen-bond donors (Lipinski definition) is 0. The predicted octanol–water partition coefficient (Wildman–Crippen LogP) is 3.60. The zero-order chi connectivity index (χ0) is 18.0. The summed E-state index contributed by atoms with van der Waals surface area (Å²) in [4.78, 5) is 28.5. The van der Waals surface area contributed by atoms with Gasteiger partial charge in [0, 0.05) is 22.3 Å². The Morgan fingerprint density at radius 2 is 2.04 bits per heavy atom. The highest BCUT2D eigenvalue weighted by Gasteiger charge is 2.11. The fraction of sp³-hybridized carbons (Fsp3) is 0.167. The Bertz CT molecular complexity index is 1010. The Kier molecular flexibility index (Phi) is 5.06. The van der Waals surface area contributed by atoms with Crippen molar-refractivity contribution in [3.05, 3.63) is 79.8 Å². The molecule has 0 N–H and O–H groups in total. The van der Waals surface area contributed by atoms with Crippen LogP contribution in [0.4, 0.5) is 0 Å². The van der Waals surface area contributed by atoms with Crippen LogP contribution in [0.5, 0.6) is 0 Å². The van der Waals surface area contributed by atoms with E-state index in [0.717, 1.165) is 5.56 Å². The number of pyridine rings is 1. The van der Waals surface area contributed by atoms with E-state index in [-0.39, 0.29) is 18.6 Å². The molecular weight excluding hydrogens is 363 g/mol. The van der Waals surface area contributed by atoms with Crippen LogP contribution in [-0.2, 0) is 22.6 Å². The molecule has 1 aromatic carbocycles. The summed E-state index contributed by atoms with van der Waals surface area (Å²) in [7, 11) is 0. The van der Waals surface area contributed by atoms with Crippen LogP contribution in [0.3, 0.4) is 0 Å². The van der Waals surface area contributed by atoms with Gasteiger partial charge in [0.25, 0.3) is 5.56 Å². The van der Waals surface area contributed by atoms with Gasteiger partial charge in [0.1, 0.15) is 12.3 Å². The number of aryl methyl sites for hydroxylation is 1. The molecule has 25 heavy (non-hydrogen) atoms. The third kappa shape index (κ3) is 4.00. The molecule has 7 heteroatoms. The molecule has 5 nitrogen and oxygen atoms in total. The molecule has 0 saturated carbocycles. The van der Waals surface area contributed by atoms with Crippen molar-refractivity contribution in [2.24, 2.45) is 0 Å². The van der Waals surface area contributed by atoms with Crippen LogP contribution in [-0.4, -0.2) is 15.4 Å². The van der Waals surface area contributed by atoms with Gasteiger partial charge in [-0.15, -0.1) is 0 Å². The van der Waals surface area contributed by atoms with Crippen molar-refractivity contribution in [3.63, 3.8) is 0 Å². The summed E-state index contributed by atoms with van der Waals surface area (Å²) in [5, 5.41) is 0.903. The van der Waals surface area contributed by atoms with Crippen molar-refractivity contribution in [2.45, 2.75) is 20.0 Å². The molecule has 0 spiro atoms. The number of nitrogens with zero attached hydrogens (tertiary/aromatic N) is 2. The third-order valence-electron chi connectivity index (χ3n) is 3.67. The minimum atomic E-state index is -0.462. The maximum atomic E-state index is 12.1. The molecule has 0 unspecified atom stereocenters. The Morgan fingerprint density at radius 3 is 2.80 bits per heavy atom. The van der Waals surface area contributed by atoms with Gasteiger partial charge in [0.05, 0.1) is 12.1 Å². The number of carbonyl (C=O) groups is 1. The van der Waals surface area contributed by atoms with Crippen molar-refractivity contribution in [3.8, 4) is 0 Å². The van der Waals surface area contributed by atoms with Gasteiger partial charge in [-0.2, -0.15) is 0 Å². The van der Waals surface area contributed by atoms with E-state index in [9.17, 15) is 9.59 Å². The van der Waals surface area contributed by atoms with E-state index < -0.39 is 5.97 Å². The first-order chi connectivity index (χ1) is 11.9. The molecule has 0 fully saturated rings. The first kappa shape index (κ1) is 17.5. The fourth-order valence-corrected chi connectivity index (χ4v) is 2.88. The number of carbonyl (C=O) groups excluding carboxylic acids is 1. The minimum Gasteiger partial charge on any atom is -0.459 e. The zero-order valence-corrected chi connectivity index (χ0v) is 14.8. The Balaban J connectivity index is 1.73. The normalized spacial score (nSPS) is 10.8. The number of aromatic nitrogens is 2. The second-order valence-corrected chi connectivity index (χ2v) is 6.39. The van der Waals surface area contributed by atoms with Gasteiger partial charge in [0.2, 0.25) is 0 Å². The summed E-state index contributed by atoms with van der Waals surface area (Å²) in [5.74, 6) is -0.462. The van der Waals surface area contributed by atoms with Crippen molar-refractivity contribution in [1.82, 2.24) is 9.38 Å². The summed E-state index contributed by atoms with van der Waals surface area (Å²) in [6.45, 7) is 1.78. The van der Waals surface area contributed by atoms with Crippen LogP contribution in [0.25, 0.3) is 5.65 Å². The fourth-order valence-electron chi connectivity index (χ4n) is 2.41. The second-order valence-electron chi connectivity index (χ2n) is 5.54. The van der Waals surface area contributed by atoms with Crippen molar-refractivity contribution < 1.29 is 9.53 Å². The Morgan fingerprint density at radius 1 is 1.24 bits per heavy atom. The molecule has 0 radical (unpaired) electrons. The summed E-state index contributed by atoms with van der Waals surface area (Å²) < 4.78 is 6.67. The molecule has 128 valence electrons. The average Bonchev–Trinajstić information content (AvgIpc) is 2.57. The van der Waals surface area contributed by atoms with E-state index in [2.05, 4.69) is 4.98 Å². The summed E-state index contributed by atoms with van der Waals surface area (Å²) in [6, 6.07) is 9.90. The number of halogens is 2. The number of rotatable bonds is 4. The van der Waals surface area contributed by atoms with Crippen molar-refractivity contribution in [2.75, 3.05) is 0 Å². The molecule has 0 bridgehead atoms. The molecular formula is C18H14Cl2N2O3. The molecule has 3 aromatic rings. The molecule has 0 saturated heterocycles. The van der Waals surface area contributed by atoms with Gasteiger partial charge in [-0.3, -0.25) is 14.0 Å². The smallest absolute Gasteiger partial charge is 0.310 e. The Labute approximate surface area is 153 Å². The van der Waals surface area contributed by atoms with Crippen LogP contribution >= 0.6 is 23.2 Å². The number of benzene rings is 1. The molecule has 2 aromatic heterocycles. The minimum absolute atomic E-state index is 0.0155. The molecule has 3 rings (SSSR count). The first-order valence-electron chi connectivity index (χ1n) is 7.51. The maximum absolute atomic E-state index is 12.1. The number of esters is 1. The van der Waals surface area contributed by atoms with Gasteiger partial charge in [-0.25, -0.2) is 4.98 Å². The standard InChI is InChI=1S/C18H14Cl2N2O3/c1-11-3-2-6-22-16(23)9-14(21-18(11)22)10-25-17(24)7-12-4-5-13(19)8-15(12)20/h2-6,8-9H,7,10H2,1H3. The van der Waals surface area contributed by atoms with Gasteiger partial charge in [-0.05, 0) is 36.2 Å². The van der Waals surface area contributed by atoms with E-state index in [1.165, 1.54) is 10.5 Å². The molecule has 0 amide bonds. The molecule has 0 aliphatic heterocycles. The van der Waals surface area contributed by atoms with E-state index >= 15 is 0 Å². The number of fused-ring (bicyclic) bond motifs is 1. The number of hydrogen-bond acceptors (Lipinski definition) is 4. The zero-order valence-electron chi connectivity index (χ0n) is 13.3. The van der Waals surface area contributed by atoms with E-state index in [1.54, 1.807) is 30.5 Å². The highest BCUT2D eigenvalue weighted by molar-refractivity contribution is 6.35. The predicted molar refractivity (Wildman–Crippen MR) is 96.2 cm³/mol. The van der Waals surface area contributed by atoms with Gasteiger partial charge >= 0.3 is 5.97 Å². The summed E-state index contributed by atoms with van der Waals surface area (Å²) in [6.07, 6.45) is 1.66. The van der Waals surface area contributed by atoms with Gasteiger partial charge in [0.15, 0.2) is 0 Å². The Hall–Kier alpha value is -2.37. The lowest BCUT2D eigenvalue weighted by Gasteiger charge is -2.08. The highest BCUT2D eigenvalue weighted by Crippen LogP contribution is 2.21. The molecule has 0 aliphatic carbocycles. The highest BCUT2D eigenvalue weighted by atomic mass is 35.5. The maximum Gasteiger partial charge on any atom is 0.310 e. The topological polar surface area (TPSA) is 60.7 Å². The van der Waals surface area contributed by atoms with E-state index in [0.29, 0.717) is 26.9 Å². The molecule has 0 atom stereocenters. The molecule has 2 heterocycles. The molecule has 0 aliphatic rings. The van der Waals surface area contributed by atoms with Crippen LogP contribution in [0.2, 0.25) is 10.0 Å². The SMILES string of the molecule is Cc1cccn2c(=O)cc(COC(=O)Cc3ccc(Cl)cc3Cl)nc12. The summed E-state index contributed by atoms with van der Waals surface area (Å²) in [5.41, 5.74) is 2.20. The number of ether oxygens (including phenoxy) is 1. The van der Waals surface area contributed by atoms with Gasteiger partial charge < -0.3 is 4.74 Å². The van der Waals surface area contributed by atoms with Crippen molar-refractivity contribution >= 4 is 34.8 Å². The van der Waals surface area contributed by atoms with Crippen LogP contribution in [0.1, 0.15) is 16.8 Å². The quantitative estimate of drug-likeness (QED) is 0.652. The first-order valence-corrected chi connectivity index (χ1v) is 8.27. The van der Waals surface area contributed by atoms with Crippen LogP contribution in [0.15, 0.2) is 47.4 Å². The van der Waals surface area contributed by atoms with Gasteiger partial charge in [-0.1, -0.05) is 35.3 Å². The van der Waals surface area contributed by atoms with E-state index in [1.807, 2.05) is 13.0 Å². The third-order valence-corrected chi connectivity index (χ3v) is 4.26. The lowest BCUT2D eigenvalue weighted by Crippen LogP contribution is -2.17. The van der Waals surface area contributed by atoms with Crippen LogP contribution in [0, 0.1) is 6.92 Å². The second kappa shape index (κ2) is 7.25. The largest absolute Gasteiger partial charge is 0.459 e. The average molecular weight is 377 g/mol. The van der Waals surface area contributed by atoms with Crippen molar-refractivity contribution in [1.29, 1.82) is 0 Å². The van der Waals surface area contributed by atoms with E-state index in [4.69, 9.17) is 27.9 Å². The summed E-state index contributed by atoms with van der Waals surface area (Å²) >= 11 is 11.9. The lowest BCUT2D eigenvalue weighted by atomic mass is 10.1. The monoisotopic (exact) mass is 376 g/mol. The van der Waals surface area contributed by atoms with Crippen LogP contribution < -0.4 is 5.56 Å².